The summed E-state index contributed by atoms with van der Waals surface area (Å²) in [5.74, 6) is 3.50. The van der Waals surface area contributed by atoms with Crippen molar-refractivity contribution in [1.82, 2.24) is 4.57 Å². The second-order valence-corrected chi connectivity index (χ2v) is 13.5. The molecule has 3 aliphatic rings. The van der Waals surface area contributed by atoms with Gasteiger partial charge in [-0.1, -0.05) is 127 Å². The predicted octanol–water partition coefficient (Wildman–Crippen LogP) is 12.4. The molecule has 7 aromatic rings. The van der Waals surface area contributed by atoms with Gasteiger partial charge in [-0.3, -0.25) is 0 Å². The fourth-order valence-corrected chi connectivity index (χ4v) is 8.29. The maximum Gasteiger partial charge on any atom is 0.135 e. The zero-order chi connectivity index (χ0) is 33.7. The zero-order valence-electron chi connectivity index (χ0n) is 28.1. The molecule has 2 heterocycles. The van der Waals surface area contributed by atoms with Crippen molar-refractivity contribution in [3.8, 4) is 28.3 Å². The summed E-state index contributed by atoms with van der Waals surface area (Å²) in [4.78, 5) is 0. The van der Waals surface area contributed by atoms with E-state index < -0.39 is 0 Å². The number of aromatic nitrogens is 1. The Bertz CT molecular complexity index is 2600. The molecule has 244 valence electrons. The van der Waals surface area contributed by atoms with Crippen LogP contribution < -0.4 is 9.47 Å². The standard InChI is InChI=1S/C48H35NO2/c1-3-15-32(16-4-1)33-29-30-45-41(31-33)47-38(22-14-28-46(47)51-44-27-12-9-21-37(44)36-20-8-11-26-43(36)50-45)40-24-13-23-39-35-19-7-10-25-42(35)49(48(39)40)34-17-5-2-6-18-34/h1-21,23-28,31,38H,22,29-30H2. The first kappa shape index (κ1) is 29.6. The van der Waals surface area contributed by atoms with Crippen molar-refractivity contribution in [2.75, 3.05) is 0 Å². The van der Waals surface area contributed by atoms with E-state index in [0.717, 1.165) is 70.2 Å². The maximum atomic E-state index is 7.13. The van der Waals surface area contributed by atoms with E-state index in [1.165, 1.54) is 38.5 Å². The molecule has 0 amide bonds. The monoisotopic (exact) mass is 657 g/mol. The van der Waals surface area contributed by atoms with E-state index in [4.69, 9.17) is 9.47 Å². The van der Waals surface area contributed by atoms with Crippen LogP contribution >= 0.6 is 0 Å². The fraction of sp³-hybridized carbons (Fsp3) is 0.0833. The average molecular weight is 658 g/mol. The molecule has 6 aromatic carbocycles. The molecule has 51 heavy (non-hydrogen) atoms. The van der Waals surface area contributed by atoms with Crippen LogP contribution in [0.2, 0.25) is 0 Å². The quantitative estimate of drug-likeness (QED) is 0.189. The summed E-state index contributed by atoms with van der Waals surface area (Å²) in [5.41, 5.74) is 11.7. The second kappa shape index (κ2) is 12.2. The van der Waals surface area contributed by atoms with Crippen molar-refractivity contribution in [2.45, 2.75) is 25.2 Å². The van der Waals surface area contributed by atoms with Gasteiger partial charge in [0, 0.05) is 51.1 Å². The number of fused-ring (bicyclic) bond motifs is 7. The van der Waals surface area contributed by atoms with Crippen molar-refractivity contribution in [1.29, 1.82) is 0 Å². The lowest BCUT2D eigenvalue weighted by Gasteiger charge is -2.32. The van der Waals surface area contributed by atoms with E-state index in [1.54, 1.807) is 0 Å². The highest BCUT2D eigenvalue weighted by Gasteiger charge is 2.33. The Kier molecular flexibility index (Phi) is 7.09. The molecule has 1 unspecified atom stereocenters. The molecule has 0 fully saturated rings. The summed E-state index contributed by atoms with van der Waals surface area (Å²) in [6.45, 7) is 0. The topological polar surface area (TPSA) is 23.4 Å². The Morgan fingerprint density at radius 3 is 2.04 bits per heavy atom. The first-order valence-electron chi connectivity index (χ1n) is 17.8. The van der Waals surface area contributed by atoms with Crippen LogP contribution in [0.3, 0.4) is 0 Å². The van der Waals surface area contributed by atoms with Crippen LogP contribution in [-0.2, 0) is 0 Å². The van der Waals surface area contributed by atoms with E-state index in [0.29, 0.717) is 0 Å². The van der Waals surface area contributed by atoms with Crippen molar-refractivity contribution >= 4 is 27.4 Å². The molecular formula is C48H35NO2. The first-order valence-corrected chi connectivity index (χ1v) is 17.8. The third-order valence-electron chi connectivity index (χ3n) is 10.6. The van der Waals surface area contributed by atoms with Crippen LogP contribution in [0.4, 0.5) is 0 Å². The summed E-state index contributed by atoms with van der Waals surface area (Å²) >= 11 is 0. The molecule has 0 saturated heterocycles. The smallest absolute Gasteiger partial charge is 0.135 e. The molecule has 0 bridgehead atoms. The molecule has 0 N–H and O–H groups in total. The normalized spacial score (nSPS) is 16.8. The van der Waals surface area contributed by atoms with Crippen LogP contribution in [0.25, 0.3) is 44.2 Å². The Hall–Kier alpha value is -6.32. The number of para-hydroxylation sites is 5. The van der Waals surface area contributed by atoms with Crippen LogP contribution in [-0.4, -0.2) is 4.57 Å². The van der Waals surface area contributed by atoms with E-state index in [2.05, 4.69) is 174 Å². The van der Waals surface area contributed by atoms with Gasteiger partial charge in [-0.05, 0) is 72.0 Å². The number of hydrogen-bond donors (Lipinski definition) is 0. The molecule has 1 aromatic heterocycles. The van der Waals surface area contributed by atoms with Gasteiger partial charge in [0.2, 0.25) is 0 Å². The molecule has 3 heteroatoms. The van der Waals surface area contributed by atoms with Gasteiger partial charge >= 0.3 is 0 Å². The van der Waals surface area contributed by atoms with Crippen molar-refractivity contribution < 1.29 is 9.47 Å². The Morgan fingerprint density at radius 1 is 0.569 bits per heavy atom. The van der Waals surface area contributed by atoms with Crippen molar-refractivity contribution in [2.24, 2.45) is 0 Å². The van der Waals surface area contributed by atoms with E-state index in [-0.39, 0.29) is 5.92 Å². The Balaban J connectivity index is 1.27. The van der Waals surface area contributed by atoms with Crippen LogP contribution in [0.15, 0.2) is 193 Å². The molecule has 10 rings (SSSR count). The lowest BCUT2D eigenvalue weighted by atomic mass is 9.77. The molecule has 1 aliphatic heterocycles. The maximum absolute atomic E-state index is 7.13. The van der Waals surface area contributed by atoms with Gasteiger partial charge in [-0.15, -0.1) is 0 Å². The summed E-state index contributed by atoms with van der Waals surface area (Å²) in [5, 5.41) is 2.50. The number of ether oxygens (including phenoxy) is 2. The van der Waals surface area contributed by atoms with Gasteiger partial charge in [-0.25, -0.2) is 0 Å². The molecule has 0 saturated carbocycles. The predicted molar refractivity (Wildman–Crippen MR) is 208 cm³/mol. The Labute approximate surface area is 297 Å². The van der Waals surface area contributed by atoms with Gasteiger partial charge < -0.3 is 14.0 Å². The van der Waals surface area contributed by atoms with Gasteiger partial charge in [0.15, 0.2) is 0 Å². The van der Waals surface area contributed by atoms with E-state index in [1.807, 2.05) is 0 Å². The minimum Gasteiger partial charge on any atom is -0.460 e. The lowest BCUT2D eigenvalue weighted by molar-refractivity contribution is 0.392. The third kappa shape index (κ3) is 4.96. The molecule has 2 aliphatic carbocycles. The van der Waals surface area contributed by atoms with Crippen LogP contribution in [0.1, 0.15) is 36.3 Å². The first-order chi connectivity index (χ1) is 25.3. The number of rotatable bonds is 3. The molecule has 3 nitrogen and oxygen atoms in total. The van der Waals surface area contributed by atoms with Crippen LogP contribution in [0, 0.1) is 0 Å². The highest BCUT2D eigenvalue weighted by molar-refractivity contribution is 6.10. The molecular weight excluding hydrogens is 623 g/mol. The van der Waals surface area contributed by atoms with E-state index in [9.17, 15) is 0 Å². The highest BCUT2D eigenvalue weighted by atomic mass is 16.5. The second-order valence-electron chi connectivity index (χ2n) is 13.5. The largest absolute Gasteiger partial charge is 0.460 e. The third-order valence-corrected chi connectivity index (χ3v) is 10.6. The summed E-state index contributed by atoms with van der Waals surface area (Å²) < 4.78 is 16.7. The van der Waals surface area contributed by atoms with Crippen LogP contribution in [0.5, 0.6) is 11.5 Å². The average Bonchev–Trinajstić information content (AvgIpc) is 3.54. The van der Waals surface area contributed by atoms with E-state index >= 15 is 0 Å². The van der Waals surface area contributed by atoms with Crippen molar-refractivity contribution in [3.63, 3.8) is 0 Å². The van der Waals surface area contributed by atoms with Gasteiger partial charge in [-0.2, -0.15) is 0 Å². The summed E-state index contributed by atoms with van der Waals surface area (Å²) in [7, 11) is 0. The minimum absolute atomic E-state index is 0.00211. The fourth-order valence-electron chi connectivity index (χ4n) is 8.29. The minimum atomic E-state index is 0.00211. The molecule has 0 spiro atoms. The van der Waals surface area contributed by atoms with Crippen molar-refractivity contribution in [3.05, 3.63) is 204 Å². The zero-order valence-corrected chi connectivity index (χ0v) is 28.1. The van der Waals surface area contributed by atoms with Gasteiger partial charge in [0.05, 0.1) is 11.0 Å². The number of allylic oxidation sites excluding steroid dienone is 7. The number of benzene rings is 6. The van der Waals surface area contributed by atoms with Gasteiger partial charge in [0.1, 0.15) is 23.0 Å². The number of nitrogens with zero attached hydrogens (tertiary/aromatic N) is 1. The lowest BCUT2D eigenvalue weighted by Crippen LogP contribution is -2.18. The molecule has 1 atom stereocenters. The van der Waals surface area contributed by atoms with Gasteiger partial charge in [0.25, 0.3) is 0 Å². The SMILES string of the molecule is C1=CC2=C(C3=C(CCC(c4ccccc4)=C3)Oc3ccccc3-c3ccccc3O2)C(c2cccc3c4ccccc4n(-c4ccccc4)c23)C1. The molecule has 0 radical (unpaired) electrons. The summed E-state index contributed by atoms with van der Waals surface area (Å²) in [6.07, 6.45) is 9.35. The highest BCUT2D eigenvalue weighted by Crippen LogP contribution is 2.49. The summed E-state index contributed by atoms with van der Waals surface area (Å²) in [6, 6.07) is 53.8. The number of hydrogen-bond acceptors (Lipinski definition) is 2. The Morgan fingerprint density at radius 2 is 1.24 bits per heavy atom.